The number of rotatable bonds is 5. The maximum absolute atomic E-state index is 11.9. The van der Waals surface area contributed by atoms with E-state index in [1.54, 1.807) is 24.3 Å². The minimum atomic E-state index is -1.10. The van der Waals surface area contributed by atoms with E-state index in [1.807, 2.05) is 13.8 Å². The summed E-state index contributed by atoms with van der Waals surface area (Å²) in [6, 6.07) is 6.35. The van der Waals surface area contributed by atoms with Crippen LogP contribution in [0.4, 0.5) is 5.69 Å². The molecule has 1 atom stereocenters. The first-order chi connectivity index (χ1) is 9.79. The number of carboxylic acids is 1. The molecule has 1 aliphatic carbocycles. The number of nitrogens with one attached hydrogen (secondary N) is 2. The number of benzene rings is 1. The first-order valence-corrected chi connectivity index (χ1v) is 6.70. The van der Waals surface area contributed by atoms with Gasteiger partial charge in [0, 0.05) is 17.2 Å². The van der Waals surface area contributed by atoms with E-state index in [4.69, 9.17) is 5.11 Å². The van der Waals surface area contributed by atoms with Gasteiger partial charge in [-0.2, -0.15) is 0 Å². The summed E-state index contributed by atoms with van der Waals surface area (Å²) in [5, 5.41) is 13.6. The van der Waals surface area contributed by atoms with E-state index in [-0.39, 0.29) is 17.2 Å². The molecule has 0 unspecified atom stereocenters. The second-order valence-corrected chi connectivity index (χ2v) is 5.89. The number of carbonyl (C=O) groups is 3. The van der Waals surface area contributed by atoms with Gasteiger partial charge in [0.2, 0.25) is 5.91 Å². The molecule has 1 aliphatic rings. The van der Waals surface area contributed by atoms with Gasteiger partial charge in [-0.15, -0.1) is 0 Å². The molecule has 1 fully saturated rings. The summed E-state index contributed by atoms with van der Waals surface area (Å²) >= 11 is 0. The smallest absolute Gasteiger partial charge is 0.322 e. The van der Waals surface area contributed by atoms with Crippen LogP contribution in [0.1, 0.15) is 30.6 Å². The monoisotopic (exact) mass is 290 g/mol. The highest BCUT2D eigenvalue weighted by atomic mass is 16.4. The lowest BCUT2D eigenvalue weighted by Gasteiger charge is -2.07. The molecule has 6 nitrogen and oxygen atoms in total. The van der Waals surface area contributed by atoms with E-state index in [2.05, 4.69) is 10.6 Å². The Morgan fingerprint density at radius 1 is 1.24 bits per heavy atom. The zero-order valence-electron chi connectivity index (χ0n) is 12.0. The van der Waals surface area contributed by atoms with E-state index in [0.29, 0.717) is 11.3 Å². The van der Waals surface area contributed by atoms with Gasteiger partial charge in [-0.05, 0) is 36.1 Å². The number of carbonyl (C=O) groups excluding carboxylic acids is 2. The van der Waals surface area contributed by atoms with Crippen LogP contribution < -0.4 is 10.6 Å². The average Bonchev–Trinajstić information content (AvgIpc) is 3.06. The highest BCUT2D eigenvalue weighted by Crippen LogP contribution is 2.51. The number of amides is 2. The molecule has 1 saturated carbocycles. The van der Waals surface area contributed by atoms with Crippen LogP contribution in [-0.2, 0) is 9.59 Å². The van der Waals surface area contributed by atoms with Crippen molar-refractivity contribution >= 4 is 23.5 Å². The number of hydrogen-bond acceptors (Lipinski definition) is 3. The normalized spacial score (nSPS) is 18.7. The third-order valence-electron chi connectivity index (χ3n) is 3.64. The average molecular weight is 290 g/mol. The van der Waals surface area contributed by atoms with E-state index in [1.165, 1.54) is 0 Å². The fourth-order valence-electron chi connectivity index (χ4n) is 2.11. The van der Waals surface area contributed by atoms with E-state index >= 15 is 0 Å². The molecule has 0 heterocycles. The van der Waals surface area contributed by atoms with E-state index in [9.17, 15) is 14.4 Å². The van der Waals surface area contributed by atoms with E-state index in [0.717, 1.165) is 6.42 Å². The number of carboxylic acid groups (broad SMARTS) is 1. The molecule has 0 spiro atoms. The van der Waals surface area contributed by atoms with Crippen molar-refractivity contribution in [2.75, 3.05) is 11.9 Å². The standard InChI is InChI=1S/C15H18N2O4/c1-15(2)7-11(15)14(21)17-10-5-3-9(4-6-10)13(20)16-8-12(18)19/h3-6,11H,7-8H2,1-2H3,(H,16,20)(H,17,21)(H,18,19)/t11-/m1/s1. The third kappa shape index (κ3) is 3.81. The van der Waals surface area contributed by atoms with Crippen LogP contribution in [0.5, 0.6) is 0 Å². The van der Waals surface area contributed by atoms with Crippen LogP contribution in [0.3, 0.4) is 0 Å². The summed E-state index contributed by atoms with van der Waals surface area (Å²) in [5.74, 6) is -1.53. The zero-order chi connectivity index (χ0) is 15.6. The molecule has 2 rings (SSSR count). The van der Waals surface area contributed by atoms with Gasteiger partial charge in [-0.1, -0.05) is 13.8 Å². The van der Waals surface area contributed by atoms with Crippen molar-refractivity contribution in [3.63, 3.8) is 0 Å². The van der Waals surface area contributed by atoms with Crippen molar-refractivity contribution in [1.29, 1.82) is 0 Å². The van der Waals surface area contributed by atoms with Gasteiger partial charge in [-0.3, -0.25) is 14.4 Å². The molecule has 0 bridgehead atoms. The lowest BCUT2D eigenvalue weighted by molar-refractivity contribution is -0.135. The molecule has 0 radical (unpaired) electrons. The van der Waals surface area contributed by atoms with Crippen LogP contribution in [0, 0.1) is 11.3 Å². The highest BCUT2D eigenvalue weighted by molar-refractivity contribution is 5.98. The molecule has 112 valence electrons. The maximum atomic E-state index is 11.9. The Labute approximate surface area is 122 Å². The minimum absolute atomic E-state index is 0.0110. The predicted octanol–water partition coefficient (Wildman–Crippen LogP) is 1.49. The van der Waals surface area contributed by atoms with Crippen molar-refractivity contribution in [3.05, 3.63) is 29.8 Å². The second kappa shape index (κ2) is 5.55. The fraction of sp³-hybridized carbons (Fsp3) is 0.400. The Bertz CT molecular complexity index is 578. The topological polar surface area (TPSA) is 95.5 Å². The molecule has 0 aromatic heterocycles. The summed E-state index contributed by atoms with van der Waals surface area (Å²) in [6.45, 7) is 3.67. The molecule has 3 N–H and O–H groups in total. The van der Waals surface area contributed by atoms with Crippen LogP contribution in [0.2, 0.25) is 0 Å². The quantitative estimate of drug-likeness (QED) is 0.765. The predicted molar refractivity (Wildman–Crippen MR) is 76.9 cm³/mol. The first-order valence-electron chi connectivity index (χ1n) is 6.70. The van der Waals surface area contributed by atoms with Gasteiger partial charge < -0.3 is 15.7 Å². The first kappa shape index (κ1) is 15.0. The van der Waals surface area contributed by atoms with Crippen molar-refractivity contribution < 1.29 is 19.5 Å². The molecule has 1 aromatic rings. The molecule has 0 saturated heterocycles. The van der Waals surface area contributed by atoms with E-state index < -0.39 is 18.4 Å². The van der Waals surface area contributed by atoms with Gasteiger partial charge in [0.05, 0.1) is 0 Å². The Hall–Kier alpha value is -2.37. The molecule has 0 aliphatic heterocycles. The third-order valence-corrected chi connectivity index (χ3v) is 3.64. The van der Waals surface area contributed by atoms with Gasteiger partial charge in [0.15, 0.2) is 0 Å². The summed E-state index contributed by atoms with van der Waals surface area (Å²) in [5.41, 5.74) is 1.04. The van der Waals surface area contributed by atoms with Crippen molar-refractivity contribution in [2.45, 2.75) is 20.3 Å². The molecular weight excluding hydrogens is 272 g/mol. The molecule has 1 aromatic carbocycles. The lowest BCUT2D eigenvalue weighted by Crippen LogP contribution is -2.29. The maximum Gasteiger partial charge on any atom is 0.322 e. The molecular formula is C15H18N2O4. The Morgan fingerprint density at radius 3 is 2.29 bits per heavy atom. The molecule has 2 amide bonds. The summed E-state index contributed by atoms with van der Waals surface area (Å²) in [4.78, 5) is 33.9. The Morgan fingerprint density at radius 2 is 1.81 bits per heavy atom. The number of hydrogen-bond donors (Lipinski definition) is 3. The lowest BCUT2D eigenvalue weighted by atomic mass is 10.1. The Kier molecular flexibility index (Phi) is 3.97. The molecule has 6 heteroatoms. The summed E-state index contributed by atoms with van der Waals surface area (Å²) in [7, 11) is 0. The SMILES string of the molecule is CC1(C)C[C@@H]1C(=O)Nc1ccc(C(=O)NCC(=O)O)cc1. The summed E-state index contributed by atoms with van der Waals surface area (Å²) in [6.07, 6.45) is 0.883. The van der Waals surface area contributed by atoms with Gasteiger partial charge in [-0.25, -0.2) is 0 Å². The number of aliphatic carboxylic acids is 1. The highest BCUT2D eigenvalue weighted by Gasteiger charge is 2.50. The number of anilines is 1. The van der Waals surface area contributed by atoms with Crippen LogP contribution in [0.25, 0.3) is 0 Å². The molecule has 21 heavy (non-hydrogen) atoms. The summed E-state index contributed by atoms with van der Waals surface area (Å²) < 4.78 is 0. The van der Waals surface area contributed by atoms with Crippen LogP contribution in [0.15, 0.2) is 24.3 Å². The van der Waals surface area contributed by atoms with Crippen LogP contribution in [-0.4, -0.2) is 29.4 Å². The van der Waals surface area contributed by atoms with Crippen molar-refractivity contribution in [3.8, 4) is 0 Å². The largest absolute Gasteiger partial charge is 0.480 e. The van der Waals surface area contributed by atoms with Crippen molar-refractivity contribution in [2.24, 2.45) is 11.3 Å². The zero-order valence-corrected chi connectivity index (χ0v) is 12.0. The fourth-order valence-corrected chi connectivity index (χ4v) is 2.11. The minimum Gasteiger partial charge on any atom is -0.480 e. The van der Waals surface area contributed by atoms with Crippen LogP contribution >= 0.6 is 0 Å². The van der Waals surface area contributed by atoms with Gasteiger partial charge in [0.1, 0.15) is 6.54 Å². The van der Waals surface area contributed by atoms with Gasteiger partial charge >= 0.3 is 5.97 Å². The van der Waals surface area contributed by atoms with Gasteiger partial charge in [0.25, 0.3) is 5.91 Å². The Balaban J connectivity index is 1.91. The second-order valence-electron chi connectivity index (χ2n) is 5.89. The van der Waals surface area contributed by atoms with Crippen molar-refractivity contribution in [1.82, 2.24) is 5.32 Å².